The summed E-state index contributed by atoms with van der Waals surface area (Å²) in [6.45, 7) is 5.65. The summed E-state index contributed by atoms with van der Waals surface area (Å²) in [5, 5.41) is 0. The highest BCUT2D eigenvalue weighted by atomic mass is 32.2. The summed E-state index contributed by atoms with van der Waals surface area (Å²) in [6, 6.07) is -0.514. The maximum Gasteiger partial charge on any atom is 0.411 e. The van der Waals surface area contributed by atoms with E-state index in [1.54, 1.807) is 25.7 Å². The van der Waals surface area contributed by atoms with Crippen LogP contribution in [0.2, 0.25) is 0 Å². The first kappa shape index (κ1) is 16.5. The van der Waals surface area contributed by atoms with Gasteiger partial charge in [0, 0.05) is 0 Å². The number of amides is 1. The standard InChI is InChI=1S/C13H23NO6S/c1-13(2,3)19-12(15)14-9-6-5-7-10(14)11(18-8-9)20-21(4,16)17/h9-11H,5-8H2,1-4H3. The number of nitrogens with zero attached hydrogens (tertiary/aromatic N) is 1. The van der Waals surface area contributed by atoms with E-state index in [0.29, 0.717) is 6.42 Å². The monoisotopic (exact) mass is 321 g/mol. The number of hydrogen-bond donors (Lipinski definition) is 0. The molecular formula is C13H23NO6S. The van der Waals surface area contributed by atoms with Crippen molar-refractivity contribution in [2.45, 2.75) is 64.0 Å². The molecule has 0 spiro atoms. The Labute approximate surface area is 125 Å². The van der Waals surface area contributed by atoms with E-state index in [0.717, 1.165) is 19.1 Å². The van der Waals surface area contributed by atoms with Gasteiger partial charge in [0.25, 0.3) is 10.1 Å². The van der Waals surface area contributed by atoms with Crippen molar-refractivity contribution in [3.8, 4) is 0 Å². The molecule has 7 nitrogen and oxygen atoms in total. The molecule has 1 amide bonds. The first-order valence-corrected chi connectivity index (χ1v) is 8.90. The molecule has 0 aliphatic carbocycles. The average molecular weight is 321 g/mol. The third-order valence-electron chi connectivity index (χ3n) is 3.43. The zero-order valence-corrected chi connectivity index (χ0v) is 13.7. The lowest BCUT2D eigenvalue weighted by Crippen LogP contribution is -2.62. The summed E-state index contributed by atoms with van der Waals surface area (Å²) in [4.78, 5) is 14.0. The summed E-state index contributed by atoms with van der Waals surface area (Å²) in [5.74, 6) is 0. The van der Waals surface area contributed by atoms with Crippen molar-refractivity contribution in [2.24, 2.45) is 0 Å². The Bertz CT molecular complexity index is 497. The van der Waals surface area contributed by atoms with E-state index in [1.807, 2.05) is 0 Å². The van der Waals surface area contributed by atoms with Gasteiger partial charge in [-0.15, -0.1) is 0 Å². The zero-order chi connectivity index (χ0) is 15.8. The molecule has 122 valence electrons. The van der Waals surface area contributed by atoms with Crippen molar-refractivity contribution in [3.63, 3.8) is 0 Å². The largest absolute Gasteiger partial charge is 0.444 e. The molecule has 0 aromatic heterocycles. The number of carbonyl (C=O) groups excluding carboxylic acids is 1. The molecule has 2 aliphatic heterocycles. The molecule has 2 rings (SSSR count). The first-order chi connectivity index (χ1) is 9.57. The van der Waals surface area contributed by atoms with Crippen LogP contribution in [0.1, 0.15) is 40.0 Å². The van der Waals surface area contributed by atoms with Gasteiger partial charge in [-0.2, -0.15) is 8.42 Å². The summed E-state index contributed by atoms with van der Waals surface area (Å²) in [6.07, 6.45) is 1.94. The molecule has 0 radical (unpaired) electrons. The molecule has 2 heterocycles. The maximum atomic E-state index is 12.4. The van der Waals surface area contributed by atoms with Crippen molar-refractivity contribution in [1.82, 2.24) is 4.90 Å². The molecule has 0 saturated carbocycles. The van der Waals surface area contributed by atoms with Crippen LogP contribution in [0.25, 0.3) is 0 Å². The van der Waals surface area contributed by atoms with Gasteiger partial charge < -0.3 is 9.47 Å². The Balaban J connectivity index is 2.17. The Morgan fingerprint density at radius 1 is 1.29 bits per heavy atom. The van der Waals surface area contributed by atoms with Crippen LogP contribution in [-0.2, 0) is 23.8 Å². The lowest BCUT2D eigenvalue weighted by Gasteiger charge is -2.48. The van der Waals surface area contributed by atoms with Crippen LogP contribution >= 0.6 is 0 Å². The van der Waals surface area contributed by atoms with E-state index in [2.05, 4.69) is 0 Å². The van der Waals surface area contributed by atoms with E-state index in [9.17, 15) is 13.2 Å². The minimum atomic E-state index is -3.65. The van der Waals surface area contributed by atoms with Crippen molar-refractivity contribution in [1.29, 1.82) is 0 Å². The predicted octanol–water partition coefficient (Wildman–Crippen LogP) is 1.48. The Kier molecular flexibility index (Phi) is 4.51. The summed E-state index contributed by atoms with van der Waals surface area (Å²) >= 11 is 0. The number of carbonyl (C=O) groups is 1. The van der Waals surface area contributed by atoms with Crippen molar-refractivity contribution < 1.29 is 26.9 Å². The van der Waals surface area contributed by atoms with E-state index in [1.165, 1.54) is 0 Å². The first-order valence-electron chi connectivity index (χ1n) is 7.08. The van der Waals surface area contributed by atoms with Crippen LogP contribution in [0.4, 0.5) is 4.79 Å². The van der Waals surface area contributed by atoms with Crippen molar-refractivity contribution in [2.75, 3.05) is 12.9 Å². The third-order valence-corrected chi connectivity index (χ3v) is 3.97. The van der Waals surface area contributed by atoms with Gasteiger partial charge >= 0.3 is 6.09 Å². The number of ether oxygens (including phenoxy) is 2. The highest BCUT2D eigenvalue weighted by molar-refractivity contribution is 7.86. The lowest BCUT2D eigenvalue weighted by atomic mass is 9.94. The van der Waals surface area contributed by atoms with Crippen molar-refractivity contribution in [3.05, 3.63) is 0 Å². The second kappa shape index (κ2) is 5.73. The molecule has 0 N–H and O–H groups in total. The summed E-state index contributed by atoms with van der Waals surface area (Å²) in [7, 11) is -3.65. The van der Waals surface area contributed by atoms with Crippen LogP contribution in [0.15, 0.2) is 0 Å². The van der Waals surface area contributed by atoms with Crippen LogP contribution in [0, 0.1) is 0 Å². The molecule has 2 fully saturated rings. The van der Waals surface area contributed by atoms with Gasteiger partial charge in [-0.1, -0.05) is 0 Å². The van der Waals surface area contributed by atoms with E-state index in [-0.39, 0.29) is 12.6 Å². The molecule has 0 aromatic rings. The molecule has 3 unspecified atom stereocenters. The third kappa shape index (κ3) is 4.31. The van der Waals surface area contributed by atoms with E-state index in [4.69, 9.17) is 13.7 Å². The number of piperidine rings is 1. The molecule has 2 bridgehead atoms. The minimum Gasteiger partial charge on any atom is -0.444 e. The summed E-state index contributed by atoms with van der Waals surface area (Å²) in [5.41, 5.74) is -0.600. The Hall–Kier alpha value is -0.860. The van der Waals surface area contributed by atoms with Gasteiger partial charge in [0.2, 0.25) is 0 Å². The lowest BCUT2D eigenvalue weighted by molar-refractivity contribution is -0.190. The number of fused-ring (bicyclic) bond motifs is 2. The Morgan fingerprint density at radius 2 is 1.95 bits per heavy atom. The van der Waals surface area contributed by atoms with Gasteiger partial charge in [-0.25, -0.2) is 8.98 Å². The van der Waals surface area contributed by atoms with E-state index >= 15 is 0 Å². The van der Waals surface area contributed by atoms with Gasteiger partial charge in [-0.3, -0.25) is 4.90 Å². The molecule has 0 aromatic carbocycles. The van der Waals surface area contributed by atoms with Gasteiger partial charge in [0.1, 0.15) is 5.60 Å². The average Bonchev–Trinajstić information content (AvgIpc) is 2.28. The smallest absolute Gasteiger partial charge is 0.411 e. The molecule has 21 heavy (non-hydrogen) atoms. The second-order valence-electron chi connectivity index (χ2n) is 6.54. The highest BCUT2D eigenvalue weighted by Crippen LogP contribution is 2.33. The normalized spacial score (nSPS) is 30.1. The SMILES string of the molecule is CC(C)(C)OC(=O)N1C2CCCC1C(OS(C)(=O)=O)OC2. The molecule has 2 saturated heterocycles. The van der Waals surface area contributed by atoms with Gasteiger partial charge in [0.05, 0.1) is 24.9 Å². The molecule has 3 atom stereocenters. The van der Waals surface area contributed by atoms with Crippen LogP contribution in [0.5, 0.6) is 0 Å². The zero-order valence-electron chi connectivity index (χ0n) is 12.9. The summed E-state index contributed by atoms with van der Waals surface area (Å²) < 4.78 is 38.5. The number of hydrogen-bond acceptors (Lipinski definition) is 6. The predicted molar refractivity (Wildman–Crippen MR) is 75.2 cm³/mol. The molecule has 2 aliphatic rings. The van der Waals surface area contributed by atoms with Gasteiger partial charge in [-0.05, 0) is 40.0 Å². The topological polar surface area (TPSA) is 82.1 Å². The fraction of sp³-hybridized carbons (Fsp3) is 0.923. The van der Waals surface area contributed by atoms with Crippen LogP contribution in [0.3, 0.4) is 0 Å². The quantitative estimate of drug-likeness (QED) is 0.717. The fourth-order valence-corrected chi connectivity index (χ4v) is 3.25. The molecule has 8 heteroatoms. The number of rotatable bonds is 2. The number of morpholine rings is 1. The fourth-order valence-electron chi connectivity index (χ4n) is 2.72. The van der Waals surface area contributed by atoms with E-state index < -0.39 is 34.1 Å². The Morgan fingerprint density at radius 3 is 2.52 bits per heavy atom. The minimum absolute atomic E-state index is 0.0852. The molecular weight excluding hydrogens is 298 g/mol. The second-order valence-corrected chi connectivity index (χ2v) is 8.14. The van der Waals surface area contributed by atoms with Crippen molar-refractivity contribution >= 4 is 16.2 Å². The highest BCUT2D eigenvalue weighted by Gasteiger charge is 2.46. The maximum absolute atomic E-state index is 12.4. The van der Waals surface area contributed by atoms with Crippen LogP contribution in [-0.4, -0.2) is 56.2 Å². The van der Waals surface area contributed by atoms with Gasteiger partial charge in [0.15, 0.2) is 6.29 Å². The van der Waals surface area contributed by atoms with Crippen LogP contribution < -0.4 is 0 Å².